The van der Waals surface area contributed by atoms with E-state index in [4.69, 9.17) is 5.11 Å². The van der Waals surface area contributed by atoms with Crippen LogP contribution in [0.3, 0.4) is 0 Å². The number of nitrogens with one attached hydrogen (secondary N) is 1. The molecule has 5 heteroatoms. The highest BCUT2D eigenvalue weighted by Gasteiger charge is 1.95. The molecular formula is C17H23NO4. The fourth-order valence-electron chi connectivity index (χ4n) is 0.895. The van der Waals surface area contributed by atoms with Crippen molar-refractivity contribution in [3.63, 3.8) is 0 Å². The maximum atomic E-state index is 10.4. The Morgan fingerprint density at radius 2 is 1.82 bits per heavy atom. The van der Waals surface area contributed by atoms with Gasteiger partial charge in [-0.3, -0.25) is 4.79 Å². The number of methoxy groups -OCH3 is 1. The quantitative estimate of drug-likeness (QED) is 0.508. The van der Waals surface area contributed by atoms with E-state index in [0.29, 0.717) is 5.57 Å². The first-order valence-corrected chi connectivity index (χ1v) is 6.35. The summed E-state index contributed by atoms with van der Waals surface area (Å²) >= 11 is 0. The van der Waals surface area contributed by atoms with Gasteiger partial charge in [0.25, 0.3) is 0 Å². The van der Waals surface area contributed by atoms with Crippen molar-refractivity contribution in [2.75, 3.05) is 13.8 Å². The molecule has 120 valence electrons. The average molecular weight is 305 g/mol. The summed E-state index contributed by atoms with van der Waals surface area (Å²) in [5.41, 5.74) is 1.58. The van der Waals surface area contributed by atoms with Crippen molar-refractivity contribution in [1.82, 2.24) is 5.32 Å². The Kier molecular flexibility index (Phi) is 14.5. The zero-order chi connectivity index (χ0) is 17.4. The predicted octanol–water partition coefficient (Wildman–Crippen LogP) is 2.30. The summed E-state index contributed by atoms with van der Waals surface area (Å²) in [7, 11) is 1.31. The maximum Gasteiger partial charge on any atom is 0.329 e. The Balaban J connectivity index is 0. The van der Waals surface area contributed by atoms with Crippen LogP contribution in [0, 0.1) is 0 Å². The maximum absolute atomic E-state index is 10.4. The van der Waals surface area contributed by atoms with Crippen LogP contribution in [0.4, 0.5) is 0 Å². The lowest BCUT2D eigenvalue weighted by atomic mass is 10.2. The van der Waals surface area contributed by atoms with Crippen molar-refractivity contribution in [1.29, 1.82) is 0 Å². The Bertz CT molecular complexity index is 481. The smallest absolute Gasteiger partial charge is 0.329 e. The fraction of sp³-hybridized carbons (Fsp3) is 0.176. The minimum absolute atomic E-state index is 0.312. The number of esters is 1. The van der Waals surface area contributed by atoms with Crippen molar-refractivity contribution in [2.24, 2.45) is 0 Å². The molecule has 0 aromatic heterocycles. The van der Waals surface area contributed by atoms with Gasteiger partial charge in [0, 0.05) is 11.6 Å². The third-order valence-corrected chi connectivity index (χ3v) is 2.03. The number of benzene rings is 1. The molecule has 5 nitrogen and oxygen atoms in total. The highest BCUT2D eigenvalue weighted by Crippen LogP contribution is 1.97. The number of aliphatic hydroxyl groups is 1. The van der Waals surface area contributed by atoms with Crippen LogP contribution in [0.15, 0.2) is 61.7 Å². The molecule has 0 saturated carbocycles. The second-order valence-corrected chi connectivity index (χ2v) is 3.79. The topological polar surface area (TPSA) is 75.6 Å². The molecule has 1 aromatic carbocycles. The molecule has 0 saturated heterocycles. The van der Waals surface area contributed by atoms with Crippen LogP contribution in [-0.2, 0) is 14.3 Å². The average Bonchev–Trinajstić information content (AvgIpc) is 2.56. The lowest BCUT2D eigenvalue weighted by Crippen LogP contribution is -2.24. The second-order valence-electron chi connectivity index (χ2n) is 3.79. The molecule has 2 N–H and O–H groups in total. The molecule has 0 atom stereocenters. The normalized spacial score (nSPS) is 7.95. The molecule has 0 bridgehead atoms. The van der Waals surface area contributed by atoms with Gasteiger partial charge in [-0.25, -0.2) is 4.79 Å². The molecule has 0 heterocycles. The Hall–Kier alpha value is -2.66. The summed E-state index contributed by atoms with van der Waals surface area (Å²) in [6, 6.07) is 10.0. The lowest BCUT2D eigenvalue weighted by molar-refractivity contribution is -0.134. The van der Waals surface area contributed by atoms with Crippen molar-refractivity contribution >= 4 is 18.0 Å². The van der Waals surface area contributed by atoms with E-state index in [-0.39, 0.29) is 12.6 Å². The first-order chi connectivity index (χ1) is 10.4. The first kappa shape index (κ1) is 21.6. The van der Waals surface area contributed by atoms with E-state index < -0.39 is 5.97 Å². The molecule has 0 fully saturated rings. The van der Waals surface area contributed by atoms with Gasteiger partial charge in [0.05, 0.1) is 7.11 Å². The zero-order valence-corrected chi connectivity index (χ0v) is 13.0. The van der Waals surface area contributed by atoms with E-state index in [9.17, 15) is 9.59 Å². The van der Waals surface area contributed by atoms with Gasteiger partial charge >= 0.3 is 5.97 Å². The molecule has 0 radical (unpaired) electrons. The molecule has 0 unspecified atom stereocenters. The highest BCUT2D eigenvalue weighted by atomic mass is 16.5. The van der Waals surface area contributed by atoms with Crippen molar-refractivity contribution in [3.05, 3.63) is 67.3 Å². The minimum Gasteiger partial charge on any atom is -0.466 e. The van der Waals surface area contributed by atoms with Crippen molar-refractivity contribution in [2.45, 2.75) is 6.92 Å². The van der Waals surface area contributed by atoms with Crippen LogP contribution in [0.2, 0.25) is 0 Å². The number of amides is 1. The zero-order valence-electron chi connectivity index (χ0n) is 13.0. The molecule has 1 amide bonds. The number of hydrogen-bond acceptors (Lipinski definition) is 4. The Labute approximate surface area is 131 Å². The molecule has 22 heavy (non-hydrogen) atoms. The Morgan fingerprint density at radius 3 is 2.00 bits per heavy atom. The van der Waals surface area contributed by atoms with Gasteiger partial charge in [-0.15, -0.1) is 0 Å². The fourth-order valence-corrected chi connectivity index (χ4v) is 0.895. The third-order valence-electron chi connectivity index (χ3n) is 2.03. The van der Waals surface area contributed by atoms with Crippen LogP contribution < -0.4 is 5.32 Å². The number of ether oxygens (including phenoxy) is 1. The Morgan fingerprint density at radius 1 is 1.27 bits per heavy atom. The summed E-state index contributed by atoms with van der Waals surface area (Å²) in [4.78, 5) is 20.2. The molecule has 0 aliphatic rings. The molecule has 1 rings (SSSR count). The monoisotopic (exact) mass is 305 g/mol. The van der Waals surface area contributed by atoms with Gasteiger partial charge in [0.2, 0.25) is 5.91 Å². The van der Waals surface area contributed by atoms with Crippen LogP contribution in [0.25, 0.3) is 6.08 Å². The predicted molar refractivity (Wildman–Crippen MR) is 88.8 cm³/mol. The van der Waals surface area contributed by atoms with Crippen LogP contribution in [0.5, 0.6) is 0 Å². The van der Waals surface area contributed by atoms with E-state index in [1.165, 1.54) is 12.7 Å². The third kappa shape index (κ3) is 13.8. The summed E-state index contributed by atoms with van der Waals surface area (Å²) < 4.78 is 4.14. The van der Waals surface area contributed by atoms with Gasteiger partial charge < -0.3 is 15.2 Å². The van der Waals surface area contributed by atoms with Crippen LogP contribution in [-0.4, -0.2) is 30.8 Å². The molecule has 0 aliphatic heterocycles. The van der Waals surface area contributed by atoms with E-state index in [0.717, 1.165) is 6.08 Å². The van der Waals surface area contributed by atoms with Crippen LogP contribution in [0.1, 0.15) is 12.5 Å². The largest absolute Gasteiger partial charge is 0.466 e. The van der Waals surface area contributed by atoms with Gasteiger partial charge in [0.1, 0.15) is 6.73 Å². The van der Waals surface area contributed by atoms with Gasteiger partial charge in [0.15, 0.2) is 0 Å². The number of hydrogen-bond donors (Lipinski definition) is 2. The van der Waals surface area contributed by atoms with Crippen molar-refractivity contribution < 1.29 is 19.4 Å². The standard InChI is InChI=1S/C8H8.C5H9NO2.C4H6O2/c1-2-8-6-4-3-5-7-8;1-4(2)5(8)6-3-7;1-3-4(5)6-2/h2-7H,1H2;7H,1,3H2,2H3,(H,6,8);3H,1H2,2H3. The summed E-state index contributed by atoms with van der Waals surface area (Å²) in [5, 5.41) is 10.3. The van der Waals surface area contributed by atoms with Gasteiger partial charge in [-0.2, -0.15) is 0 Å². The minimum atomic E-state index is -0.394. The van der Waals surface area contributed by atoms with E-state index in [1.807, 2.05) is 36.4 Å². The summed E-state index contributed by atoms with van der Waals surface area (Å²) in [5.74, 6) is -0.706. The lowest BCUT2D eigenvalue weighted by Gasteiger charge is -1.96. The molecular weight excluding hydrogens is 282 g/mol. The van der Waals surface area contributed by atoms with E-state index in [1.54, 1.807) is 6.92 Å². The van der Waals surface area contributed by atoms with Gasteiger partial charge in [-0.05, 0) is 12.5 Å². The van der Waals surface area contributed by atoms with Crippen LogP contribution >= 0.6 is 0 Å². The molecule has 0 spiro atoms. The van der Waals surface area contributed by atoms with E-state index in [2.05, 4.69) is 29.8 Å². The number of rotatable bonds is 4. The molecule has 0 aliphatic carbocycles. The first-order valence-electron chi connectivity index (χ1n) is 6.35. The highest BCUT2D eigenvalue weighted by molar-refractivity contribution is 5.91. The second kappa shape index (κ2) is 14.7. The summed E-state index contributed by atoms with van der Waals surface area (Å²) in [6.07, 6.45) is 2.94. The number of carbonyl (C=O) groups excluding carboxylic acids is 2. The van der Waals surface area contributed by atoms with Gasteiger partial charge in [-0.1, -0.05) is 56.1 Å². The van der Waals surface area contributed by atoms with E-state index >= 15 is 0 Å². The SMILES string of the molecule is C=C(C)C(=O)NCO.C=CC(=O)OC.C=Cc1ccccc1. The summed E-state index contributed by atoms with van der Waals surface area (Å²) in [6.45, 7) is 11.4. The number of carbonyl (C=O) groups is 2. The number of aliphatic hydroxyl groups excluding tert-OH is 1. The molecule has 1 aromatic rings. The van der Waals surface area contributed by atoms with Crippen molar-refractivity contribution in [3.8, 4) is 0 Å².